The Kier molecular flexibility index (Phi) is 2.53. The Morgan fingerprint density at radius 3 is 2.57 bits per heavy atom. The Morgan fingerprint density at radius 1 is 1.29 bits per heavy atom. The van der Waals surface area contributed by atoms with Gasteiger partial charge in [-0.05, 0) is 20.3 Å². The lowest BCUT2D eigenvalue weighted by atomic mass is 10.1. The average molecular weight is 204 g/mol. The molecule has 0 aromatic rings. The molecular weight excluding hydrogens is 188 g/mol. The minimum atomic E-state index is -0.714. The number of ether oxygens (including phenoxy) is 3. The van der Waals surface area contributed by atoms with Crippen molar-refractivity contribution in [1.29, 1.82) is 0 Å². The van der Waals surface area contributed by atoms with Gasteiger partial charge in [-0.1, -0.05) is 0 Å². The van der Waals surface area contributed by atoms with Gasteiger partial charge in [0.05, 0.1) is 6.10 Å². The van der Waals surface area contributed by atoms with E-state index in [1.165, 1.54) is 0 Å². The highest BCUT2D eigenvalue weighted by Crippen LogP contribution is 2.37. The smallest absolute Gasteiger partial charge is 0.190 e. The third-order valence-electron chi connectivity index (χ3n) is 2.53. The molecule has 2 N–H and O–H groups in total. The van der Waals surface area contributed by atoms with Gasteiger partial charge in [0.25, 0.3) is 0 Å². The molecule has 2 rings (SSSR count). The van der Waals surface area contributed by atoms with Gasteiger partial charge in [0.15, 0.2) is 12.1 Å². The second kappa shape index (κ2) is 3.43. The molecule has 0 unspecified atom stereocenters. The third kappa shape index (κ3) is 1.66. The van der Waals surface area contributed by atoms with Gasteiger partial charge in [-0.15, -0.1) is 0 Å². The van der Waals surface area contributed by atoms with Crippen LogP contribution in [0.3, 0.4) is 0 Å². The van der Waals surface area contributed by atoms with E-state index in [0.717, 1.165) is 0 Å². The van der Waals surface area contributed by atoms with Gasteiger partial charge in [-0.25, -0.2) is 0 Å². The van der Waals surface area contributed by atoms with Gasteiger partial charge >= 0.3 is 0 Å². The van der Waals surface area contributed by atoms with Crippen molar-refractivity contribution in [3.05, 3.63) is 0 Å². The summed E-state index contributed by atoms with van der Waals surface area (Å²) in [5, 5.41) is 18.5. The van der Waals surface area contributed by atoms with E-state index in [0.29, 0.717) is 6.42 Å². The highest BCUT2D eigenvalue weighted by molar-refractivity contribution is 4.92. The zero-order valence-electron chi connectivity index (χ0n) is 8.34. The minimum Gasteiger partial charge on any atom is -0.396 e. The predicted molar refractivity (Wildman–Crippen MR) is 46.4 cm³/mol. The average Bonchev–Trinajstić information content (AvgIpc) is 2.50. The quantitative estimate of drug-likeness (QED) is 0.641. The van der Waals surface area contributed by atoms with Gasteiger partial charge < -0.3 is 24.4 Å². The second-order valence-corrected chi connectivity index (χ2v) is 4.15. The Labute approximate surface area is 82.6 Å². The first-order valence-electron chi connectivity index (χ1n) is 4.83. The summed E-state index contributed by atoms with van der Waals surface area (Å²) >= 11 is 0. The Bertz CT molecular complexity index is 217. The molecule has 0 bridgehead atoms. The van der Waals surface area contributed by atoms with Crippen LogP contribution in [0.5, 0.6) is 0 Å². The van der Waals surface area contributed by atoms with Crippen LogP contribution in [0.25, 0.3) is 0 Å². The lowest BCUT2D eigenvalue weighted by Crippen LogP contribution is -2.34. The van der Waals surface area contributed by atoms with Crippen molar-refractivity contribution in [2.75, 3.05) is 6.61 Å². The van der Waals surface area contributed by atoms with Gasteiger partial charge in [-0.2, -0.15) is 0 Å². The maximum atomic E-state index is 9.78. The standard InChI is InChI=1S/C9H16O5/c1-9(2)13-7-6(11)5(3-4-10)12-8(7)14-9/h5-8,10-11H,3-4H2,1-2H3/t5-,6+,7-,8+/m0/s1. The van der Waals surface area contributed by atoms with Crippen LogP contribution in [0, 0.1) is 0 Å². The molecule has 2 fully saturated rings. The number of hydrogen-bond donors (Lipinski definition) is 2. The Morgan fingerprint density at radius 2 is 2.00 bits per heavy atom. The topological polar surface area (TPSA) is 68.2 Å². The Hall–Kier alpha value is -0.200. The van der Waals surface area contributed by atoms with Crippen molar-refractivity contribution in [3.63, 3.8) is 0 Å². The van der Waals surface area contributed by atoms with Crippen molar-refractivity contribution >= 4 is 0 Å². The van der Waals surface area contributed by atoms with E-state index in [9.17, 15) is 5.11 Å². The molecule has 4 atom stereocenters. The number of aliphatic hydroxyl groups is 2. The molecule has 0 amide bonds. The predicted octanol–water partition coefficient (Wildman–Crippen LogP) is -0.394. The first kappa shape index (κ1) is 10.3. The first-order chi connectivity index (χ1) is 6.53. The van der Waals surface area contributed by atoms with Gasteiger partial charge in [0.2, 0.25) is 0 Å². The van der Waals surface area contributed by atoms with E-state index < -0.39 is 24.3 Å². The van der Waals surface area contributed by atoms with Crippen LogP contribution in [-0.2, 0) is 14.2 Å². The SMILES string of the molecule is CC1(C)O[C@H]2O[C@@H](CCO)[C@@H](O)[C@@H]2O1. The molecule has 5 heteroatoms. The van der Waals surface area contributed by atoms with E-state index in [1.807, 2.05) is 0 Å². The molecule has 2 aliphatic rings. The largest absolute Gasteiger partial charge is 0.396 e. The normalized spacial score (nSPS) is 45.4. The molecular formula is C9H16O5. The summed E-state index contributed by atoms with van der Waals surface area (Å²) in [5.41, 5.74) is 0. The van der Waals surface area contributed by atoms with E-state index in [4.69, 9.17) is 19.3 Å². The maximum absolute atomic E-state index is 9.78. The van der Waals surface area contributed by atoms with Crippen LogP contribution in [0.15, 0.2) is 0 Å². The zero-order valence-corrected chi connectivity index (χ0v) is 8.34. The second-order valence-electron chi connectivity index (χ2n) is 4.15. The van der Waals surface area contributed by atoms with Crippen molar-refractivity contribution in [2.45, 2.75) is 50.7 Å². The van der Waals surface area contributed by atoms with Crippen LogP contribution in [0.2, 0.25) is 0 Å². The van der Waals surface area contributed by atoms with E-state index in [-0.39, 0.29) is 12.7 Å². The number of hydrogen-bond acceptors (Lipinski definition) is 5. The van der Waals surface area contributed by atoms with Gasteiger partial charge in [0.1, 0.15) is 12.2 Å². The lowest BCUT2D eigenvalue weighted by Gasteiger charge is -2.22. The molecule has 5 nitrogen and oxygen atoms in total. The highest BCUT2D eigenvalue weighted by Gasteiger charge is 2.53. The van der Waals surface area contributed by atoms with Gasteiger partial charge in [0, 0.05) is 6.61 Å². The summed E-state index contributed by atoms with van der Waals surface area (Å²) in [7, 11) is 0. The summed E-state index contributed by atoms with van der Waals surface area (Å²) in [5.74, 6) is -0.694. The number of aliphatic hydroxyl groups excluding tert-OH is 2. The third-order valence-corrected chi connectivity index (χ3v) is 2.53. The summed E-state index contributed by atoms with van der Waals surface area (Å²) in [6.45, 7) is 3.55. The summed E-state index contributed by atoms with van der Waals surface area (Å²) in [6.07, 6.45) is -1.63. The molecule has 2 saturated heterocycles. The molecule has 0 spiro atoms. The van der Waals surface area contributed by atoms with E-state index in [2.05, 4.69) is 0 Å². The van der Waals surface area contributed by atoms with E-state index >= 15 is 0 Å². The maximum Gasteiger partial charge on any atom is 0.190 e. The molecule has 14 heavy (non-hydrogen) atoms. The van der Waals surface area contributed by atoms with E-state index in [1.54, 1.807) is 13.8 Å². The van der Waals surface area contributed by atoms with Crippen LogP contribution in [-0.4, -0.2) is 47.2 Å². The molecule has 0 radical (unpaired) electrons. The minimum absolute atomic E-state index is 0.00937. The summed E-state index contributed by atoms with van der Waals surface area (Å²) in [4.78, 5) is 0. The fourth-order valence-corrected chi connectivity index (χ4v) is 1.92. The van der Waals surface area contributed by atoms with Gasteiger partial charge in [-0.3, -0.25) is 0 Å². The summed E-state index contributed by atoms with van der Waals surface area (Å²) in [6, 6.07) is 0. The van der Waals surface area contributed by atoms with Crippen molar-refractivity contribution in [1.82, 2.24) is 0 Å². The highest BCUT2D eigenvalue weighted by atomic mass is 16.8. The fourth-order valence-electron chi connectivity index (χ4n) is 1.92. The zero-order chi connectivity index (χ0) is 10.3. The van der Waals surface area contributed by atoms with Crippen LogP contribution < -0.4 is 0 Å². The lowest BCUT2D eigenvalue weighted by molar-refractivity contribution is -0.216. The number of rotatable bonds is 2. The molecule has 0 aliphatic carbocycles. The molecule has 2 heterocycles. The van der Waals surface area contributed by atoms with Crippen LogP contribution >= 0.6 is 0 Å². The van der Waals surface area contributed by atoms with Crippen LogP contribution in [0.1, 0.15) is 20.3 Å². The molecule has 0 saturated carbocycles. The molecule has 82 valence electrons. The summed E-state index contributed by atoms with van der Waals surface area (Å²) < 4.78 is 16.3. The molecule has 0 aromatic carbocycles. The van der Waals surface area contributed by atoms with Crippen LogP contribution in [0.4, 0.5) is 0 Å². The monoisotopic (exact) mass is 204 g/mol. The van der Waals surface area contributed by atoms with Crippen molar-refractivity contribution in [3.8, 4) is 0 Å². The Balaban J connectivity index is 2.00. The fraction of sp³-hybridized carbons (Fsp3) is 1.00. The molecule has 0 aromatic heterocycles. The van der Waals surface area contributed by atoms with Crippen molar-refractivity contribution < 1.29 is 24.4 Å². The van der Waals surface area contributed by atoms with Crippen molar-refractivity contribution in [2.24, 2.45) is 0 Å². The first-order valence-corrected chi connectivity index (χ1v) is 4.83. The molecule has 2 aliphatic heterocycles. The number of fused-ring (bicyclic) bond motifs is 1.